The number of hydrogen-bond donors (Lipinski definition) is 2. The zero-order valence-electron chi connectivity index (χ0n) is 20.0. The van der Waals surface area contributed by atoms with E-state index in [-0.39, 0.29) is 11.8 Å². The van der Waals surface area contributed by atoms with Crippen LogP contribution in [0.5, 0.6) is 5.75 Å². The minimum atomic E-state index is -0.126. The summed E-state index contributed by atoms with van der Waals surface area (Å²) < 4.78 is 9.75. The molecule has 0 amide bonds. The van der Waals surface area contributed by atoms with Gasteiger partial charge in [-0.1, -0.05) is 6.07 Å². The van der Waals surface area contributed by atoms with Crippen LogP contribution < -0.4 is 11.0 Å². The average molecular weight is 502 g/mol. The van der Waals surface area contributed by atoms with Gasteiger partial charge in [0.1, 0.15) is 23.6 Å². The lowest BCUT2D eigenvalue weighted by molar-refractivity contribution is 0.0334. The first-order valence-electron chi connectivity index (χ1n) is 12.0. The SMILES string of the molecule is CC(c1cc2ccccn2c1CN1CCOCC1)n1nc(-c2cc(O)cc(P)c2)c2c(N)ncnc21. The fourth-order valence-electron chi connectivity index (χ4n) is 5.07. The van der Waals surface area contributed by atoms with Crippen LogP contribution in [-0.4, -0.2) is 60.5 Å². The molecule has 6 rings (SSSR count). The number of morpholine rings is 1. The minimum absolute atomic E-state index is 0.126. The Balaban J connectivity index is 1.51. The number of aromatic nitrogens is 5. The molecule has 1 aromatic carbocycles. The molecule has 0 spiro atoms. The maximum atomic E-state index is 10.2. The molecule has 1 aliphatic heterocycles. The van der Waals surface area contributed by atoms with Crippen LogP contribution in [0.3, 0.4) is 0 Å². The summed E-state index contributed by atoms with van der Waals surface area (Å²) in [5.74, 6) is 0.521. The maximum Gasteiger partial charge on any atom is 0.164 e. The second-order valence-corrected chi connectivity index (χ2v) is 9.84. The predicted octanol–water partition coefficient (Wildman–Crippen LogP) is 2.98. The topological polar surface area (TPSA) is 107 Å². The van der Waals surface area contributed by atoms with Crippen LogP contribution in [-0.2, 0) is 11.3 Å². The standard InChI is InChI=1S/C26H28N7O2P/c1-16(21-12-18-4-2-3-5-32(18)22(21)14-31-6-8-35-9-7-31)33-26-23(25(27)28-15-29-26)24(30-33)17-10-19(34)13-20(36)11-17/h2-5,10-13,15-16,34H,6-9,14,36H2,1H3,(H2,27,28,29). The van der Waals surface area contributed by atoms with E-state index in [0.717, 1.165) is 49.2 Å². The molecule has 36 heavy (non-hydrogen) atoms. The van der Waals surface area contributed by atoms with Gasteiger partial charge in [0, 0.05) is 42.6 Å². The Morgan fingerprint density at radius 1 is 1.14 bits per heavy atom. The van der Waals surface area contributed by atoms with Crippen molar-refractivity contribution in [3.63, 3.8) is 0 Å². The van der Waals surface area contributed by atoms with E-state index in [1.54, 1.807) is 12.1 Å². The first-order chi connectivity index (χ1) is 17.5. The number of pyridine rings is 1. The van der Waals surface area contributed by atoms with Crippen molar-refractivity contribution in [2.24, 2.45) is 0 Å². The number of phenolic OH excluding ortho intramolecular Hbond substituents is 1. The largest absolute Gasteiger partial charge is 0.508 e. The van der Waals surface area contributed by atoms with Gasteiger partial charge in [0.2, 0.25) is 0 Å². The Labute approximate surface area is 210 Å². The van der Waals surface area contributed by atoms with Gasteiger partial charge in [0.15, 0.2) is 5.65 Å². The zero-order chi connectivity index (χ0) is 24.8. The highest BCUT2D eigenvalue weighted by Gasteiger charge is 2.25. The van der Waals surface area contributed by atoms with Crippen LogP contribution in [0.15, 0.2) is 55.0 Å². The molecule has 184 valence electrons. The summed E-state index contributed by atoms with van der Waals surface area (Å²) >= 11 is 0. The number of phenols is 1. The molecular weight excluding hydrogens is 473 g/mol. The molecule has 10 heteroatoms. The third kappa shape index (κ3) is 3.99. The summed E-state index contributed by atoms with van der Waals surface area (Å²) in [4.78, 5) is 11.2. The first-order valence-corrected chi connectivity index (χ1v) is 12.5. The van der Waals surface area contributed by atoms with Crippen LogP contribution in [0.4, 0.5) is 5.82 Å². The average Bonchev–Trinajstić information content (AvgIpc) is 3.44. The van der Waals surface area contributed by atoms with E-state index >= 15 is 0 Å². The molecule has 0 radical (unpaired) electrons. The zero-order valence-corrected chi connectivity index (χ0v) is 21.2. The Morgan fingerprint density at radius 2 is 1.97 bits per heavy atom. The summed E-state index contributed by atoms with van der Waals surface area (Å²) in [7, 11) is 2.62. The highest BCUT2D eigenvalue weighted by atomic mass is 31.0. The van der Waals surface area contributed by atoms with Gasteiger partial charge >= 0.3 is 0 Å². The van der Waals surface area contributed by atoms with Gasteiger partial charge in [-0.05, 0) is 54.2 Å². The molecule has 0 aliphatic carbocycles. The van der Waals surface area contributed by atoms with Gasteiger partial charge in [-0.2, -0.15) is 5.10 Å². The van der Waals surface area contributed by atoms with Crippen LogP contribution in [0, 0.1) is 0 Å². The Kier molecular flexibility index (Phi) is 5.84. The molecule has 5 heterocycles. The van der Waals surface area contributed by atoms with E-state index in [1.165, 1.54) is 17.6 Å². The van der Waals surface area contributed by atoms with Crippen LogP contribution in [0.1, 0.15) is 24.2 Å². The molecule has 2 unspecified atom stereocenters. The van der Waals surface area contributed by atoms with Gasteiger partial charge in [0.25, 0.3) is 0 Å². The lowest BCUT2D eigenvalue weighted by Crippen LogP contribution is -2.36. The van der Waals surface area contributed by atoms with Gasteiger partial charge < -0.3 is 20.0 Å². The monoisotopic (exact) mass is 501 g/mol. The van der Waals surface area contributed by atoms with E-state index < -0.39 is 0 Å². The van der Waals surface area contributed by atoms with Crippen molar-refractivity contribution in [1.29, 1.82) is 0 Å². The second kappa shape index (κ2) is 9.17. The highest BCUT2D eigenvalue weighted by Crippen LogP contribution is 2.35. The number of ether oxygens (including phenoxy) is 1. The second-order valence-electron chi connectivity index (χ2n) is 9.17. The van der Waals surface area contributed by atoms with Gasteiger partial charge in [-0.25, -0.2) is 14.6 Å². The van der Waals surface area contributed by atoms with E-state index in [4.69, 9.17) is 15.6 Å². The number of benzene rings is 1. The highest BCUT2D eigenvalue weighted by molar-refractivity contribution is 7.27. The van der Waals surface area contributed by atoms with Crippen LogP contribution in [0.25, 0.3) is 27.8 Å². The summed E-state index contributed by atoms with van der Waals surface area (Å²) in [5, 5.41) is 16.8. The number of hydrogen-bond acceptors (Lipinski definition) is 7. The van der Waals surface area contributed by atoms with Gasteiger partial charge in [0.05, 0.1) is 24.6 Å². The number of fused-ring (bicyclic) bond motifs is 2. The number of nitrogens with zero attached hydrogens (tertiary/aromatic N) is 6. The van der Waals surface area contributed by atoms with Gasteiger partial charge in [-0.15, -0.1) is 9.24 Å². The fraction of sp³-hybridized carbons (Fsp3) is 0.269. The lowest BCUT2D eigenvalue weighted by atomic mass is 10.1. The molecule has 5 aromatic rings. The molecule has 1 saturated heterocycles. The number of aromatic hydroxyl groups is 1. The number of rotatable bonds is 5. The molecule has 9 nitrogen and oxygen atoms in total. The van der Waals surface area contributed by atoms with Crippen molar-refractivity contribution in [2.75, 3.05) is 32.0 Å². The van der Waals surface area contributed by atoms with E-state index in [2.05, 4.69) is 65.9 Å². The fourth-order valence-corrected chi connectivity index (χ4v) is 5.42. The van der Waals surface area contributed by atoms with Crippen molar-refractivity contribution in [1.82, 2.24) is 29.0 Å². The number of nitrogen functional groups attached to an aromatic ring is 1. The molecule has 0 bridgehead atoms. The molecule has 1 aliphatic rings. The van der Waals surface area contributed by atoms with Crippen LogP contribution >= 0.6 is 9.24 Å². The van der Waals surface area contributed by atoms with E-state index in [0.29, 0.717) is 22.5 Å². The summed E-state index contributed by atoms with van der Waals surface area (Å²) in [5.41, 5.74) is 11.9. The van der Waals surface area contributed by atoms with Gasteiger partial charge in [-0.3, -0.25) is 4.90 Å². The summed E-state index contributed by atoms with van der Waals surface area (Å²) in [6, 6.07) is 13.7. The molecule has 2 atom stereocenters. The summed E-state index contributed by atoms with van der Waals surface area (Å²) in [6.45, 7) is 6.25. The molecule has 0 saturated carbocycles. The number of anilines is 1. The first kappa shape index (κ1) is 22.9. The van der Waals surface area contributed by atoms with E-state index in [1.807, 2.05) is 10.7 Å². The minimum Gasteiger partial charge on any atom is -0.508 e. The van der Waals surface area contributed by atoms with Crippen molar-refractivity contribution in [2.45, 2.75) is 19.5 Å². The van der Waals surface area contributed by atoms with Crippen LogP contribution in [0.2, 0.25) is 0 Å². The number of nitrogens with two attached hydrogens (primary N) is 1. The maximum absolute atomic E-state index is 10.2. The molecule has 4 aromatic heterocycles. The Hall–Kier alpha value is -3.52. The Bertz CT molecular complexity index is 1550. The van der Waals surface area contributed by atoms with Crippen molar-refractivity contribution >= 4 is 36.9 Å². The predicted molar refractivity (Wildman–Crippen MR) is 143 cm³/mol. The molecule has 1 fully saturated rings. The summed E-state index contributed by atoms with van der Waals surface area (Å²) in [6.07, 6.45) is 3.59. The smallest absolute Gasteiger partial charge is 0.164 e. The Morgan fingerprint density at radius 3 is 2.78 bits per heavy atom. The van der Waals surface area contributed by atoms with Crippen molar-refractivity contribution in [3.05, 3.63) is 66.2 Å². The quantitative estimate of drug-likeness (QED) is 0.357. The van der Waals surface area contributed by atoms with Crippen molar-refractivity contribution in [3.8, 4) is 17.0 Å². The lowest BCUT2D eigenvalue weighted by Gasteiger charge is -2.27. The van der Waals surface area contributed by atoms with Crippen molar-refractivity contribution < 1.29 is 9.84 Å². The third-order valence-electron chi connectivity index (χ3n) is 6.84. The third-order valence-corrected chi connectivity index (χ3v) is 7.18. The normalized spacial score (nSPS) is 15.6. The molecule has 3 N–H and O–H groups in total. The van der Waals surface area contributed by atoms with E-state index in [9.17, 15) is 5.11 Å². The molecular formula is C26H28N7O2P.